The highest BCUT2D eigenvalue weighted by atomic mass is 35.5. The quantitative estimate of drug-likeness (QED) is 0.861. The Balaban J connectivity index is 2.19. The number of hydrogen-bond acceptors (Lipinski definition) is 3. The van der Waals surface area contributed by atoms with Crippen molar-refractivity contribution >= 4 is 34.5 Å². The van der Waals surface area contributed by atoms with E-state index < -0.39 is 0 Å². The van der Waals surface area contributed by atoms with Crippen LogP contribution in [0.1, 0.15) is 44.7 Å². The highest BCUT2D eigenvalue weighted by Crippen LogP contribution is 2.40. The maximum Gasteiger partial charge on any atom is 0.0991 e. The van der Waals surface area contributed by atoms with Gasteiger partial charge in [-0.3, -0.25) is 4.90 Å². The lowest BCUT2D eigenvalue weighted by Crippen LogP contribution is -2.41. The molecule has 0 saturated heterocycles. The SMILES string of the molecule is CCN(C(C)c1cc(Cl)sc1Cl)C1CCCC1CN. The summed E-state index contributed by atoms with van der Waals surface area (Å²) in [7, 11) is 0. The molecule has 1 fully saturated rings. The first-order chi connectivity index (χ1) is 9.08. The van der Waals surface area contributed by atoms with Crippen LogP contribution in [-0.2, 0) is 0 Å². The van der Waals surface area contributed by atoms with Crippen molar-refractivity contribution < 1.29 is 0 Å². The van der Waals surface area contributed by atoms with Crippen LogP contribution in [-0.4, -0.2) is 24.0 Å². The second-order valence-corrected chi connectivity index (χ2v) is 7.57. The molecule has 0 spiro atoms. The zero-order valence-electron chi connectivity index (χ0n) is 11.5. The van der Waals surface area contributed by atoms with Crippen LogP contribution < -0.4 is 5.73 Å². The Bertz CT molecular complexity index is 422. The molecule has 1 saturated carbocycles. The van der Waals surface area contributed by atoms with Crippen LogP contribution in [0.5, 0.6) is 0 Å². The van der Waals surface area contributed by atoms with E-state index in [0.717, 1.165) is 27.3 Å². The van der Waals surface area contributed by atoms with Gasteiger partial charge in [-0.05, 0) is 44.8 Å². The monoisotopic (exact) mass is 320 g/mol. The van der Waals surface area contributed by atoms with Gasteiger partial charge in [-0.2, -0.15) is 0 Å². The lowest BCUT2D eigenvalue weighted by molar-refractivity contribution is 0.123. The molecule has 0 bridgehead atoms. The molecule has 2 nitrogen and oxygen atoms in total. The first-order valence-corrected chi connectivity index (χ1v) is 8.56. The Kier molecular flexibility index (Phi) is 5.55. The van der Waals surface area contributed by atoms with Crippen LogP contribution in [0.4, 0.5) is 0 Å². The normalized spacial score (nSPS) is 25.2. The maximum atomic E-state index is 6.30. The largest absolute Gasteiger partial charge is 0.330 e. The van der Waals surface area contributed by atoms with Crippen LogP contribution in [0.25, 0.3) is 0 Å². The molecule has 3 unspecified atom stereocenters. The summed E-state index contributed by atoms with van der Waals surface area (Å²) in [6.07, 6.45) is 3.78. The van der Waals surface area contributed by atoms with Crippen LogP contribution in [0.15, 0.2) is 6.07 Å². The first-order valence-electron chi connectivity index (χ1n) is 6.99. The fraction of sp³-hybridized carbons (Fsp3) is 0.714. The number of thiophene rings is 1. The molecule has 19 heavy (non-hydrogen) atoms. The summed E-state index contributed by atoms with van der Waals surface area (Å²) in [6, 6.07) is 2.90. The van der Waals surface area contributed by atoms with E-state index in [-0.39, 0.29) is 0 Å². The van der Waals surface area contributed by atoms with Crippen LogP contribution in [0, 0.1) is 5.92 Å². The molecule has 1 aliphatic rings. The molecule has 1 aromatic rings. The van der Waals surface area contributed by atoms with E-state index in [1.165, 1.54) is 30.6 Å². The van der Waals surface area contributed by atoms with Gasteiger partial charge in [0.05, 0.1) is 8.67 Å². The van der Waals surface area contributed by atoms with Gasteiger partial charge in [0, 0.05) is 17.6 Å². The van der Waals surface area contributed by atoms with E-state index >= 15 is 0 Å². The lowest BCUT2D eigenvalue weighted by atomic mass is 9.99. The molecule has 1 aromatic heterocycles. The maximum absolute atomic E-state index is 6.30. The Labute approximate surface area is 129 Å². The molecule has 108 valence electrons. The molecule has 1 heterocycles. The minimum atomic E-state index is 0.304. The van der Waals surface area contributed by atoms with Crippen molar-refractivity contribution in [3.63, 3.8) is 0 Å². The molecule has 5 heteroatoms. The number of rotatable bonds is 5. The van der Waals surface area contributed by atoms with Gasteiger partial charge >= 0.3 is 0 Å². The molecular weight excluding hydrogens is 299 g/mol. The molecule has 2 rings (SSSR count). The zero-order chi connectivity index (χ0) is 14.0. The molecule has 0 aliphatic heterocycles. The van der Waals surface area contributed by atoms with Gasteiger partial charge in [-0.1, -0.05) is 36.5 Å². The fourth-order valence-electron chi connectivity index (χ4n) is 3.34. The summed E-state index contributed by atoms with van der Waals surface area (Å²) in [5.74, 6) is 0.621. The average Bonchev–Trinajstić information content (AvgIpc) is 2.96. The third-order valence-corrected chi connectivity index (χ3v) is 5.86. The topological polar surface area (TPSA) is 29.3 Å². The molecular formula is C14H22Cl2N2S. The second kappa shape index (κ2) is 6.77. The van der Waals surface area contributed by atoms with Gasteiger partial charge in [0.1, 0.15) is 0 Å². The van der Waals surface area contributed by atoms with E-state index in [2.05, 4.69) is 18.7 Å². The summed E-state index contributed by atoms with van der Waals surface area (Å²) in [5.41, 5.74) is 7.07. The standard InChI is InChI=1S/C14H22Cl2N2S/c1-3-18(12-6-4-5-10(12)8-17)9(2)11-7-13(15)19-14(11)16/h7,9-10,12H,3-6,8,17H2,1-2H3. The molecule has 0 radical (unpaired) electrons. The van der Waals surface area contributed by atoms with Gasteiger partial charge in [0.2, 0.25) is 0 Å². The van der Waals surface area contributed by atoms with Gasteiger partial charge < -0.3 is 5.73 Å². The molecule has 0 amide bonds. The van der Waals surface area contributed by atoms with E-state index in [4.69, 9.17) is 28.9 Å². The number of nitrogens with zero attached hydrogens (tertiary/aromatic N) is 1. The van der Waals surface area contributed by atoms with Crippen molar-refractivity contribution in [3.05, 3.63) is 20.3 Å². The number of nitrogens with two attached hydrogens (primary N) is 1. The van der Waals surface area contributed by atoms with E-state index in [9.17, 15) is 0 Å². The van der Waals surface area contributed by atoms with Crippen molar-refractivity contribution in [1.29, 1.82) is 0 Å². The van der Waals surface area contributed by atoms with E-state index in [0.29, 0.717) is 18.0 Å². The smallest absolute Gasteiger partial charge is 0.0991 e. The predicted molar refractivity (Wildman–Crippen MR) is 85.3 cm³/mol. The van der Waals surface area contributed by atoms with Crippen LogP contribution >= 0.6 is 34.5 Å². The summed E-state index contributed by atoms with van der Waals surface area (Å²) < 4.78 is 1.59. The Morgan fingerprint density at radius 3 is 2.74 bits per heavy atom. The predicted octanol–water partition coefficient (Wildman–Crippen LogP) is 4.57. The first kappa shape index (κ1) is 15.6. The molecule has 3 atom stereocenters. The Hall–Kier alpha value is 0.200. The highest BCUT2D eigenvalue weighted by molar-refractivity contribution is 7.20. The molecule has 0 aromatic carbocycles. The summed E-state index contributed by atoms with van der Waals surface area (Å²) >= 11 is 13.8. The third kappa shape index (κ3) is 3.27. The van der Waals surface area contributed by atoms with Crippen molar-refractivity contribution in [2.75, 3.05) is 13.1 Å². The van der Waals surface area contributed by atoms with E-state index in [1.54, 1.807) is 0 Å². The fourth-order valence-corrected chi connectivity index (χ4v) is 4.97. The second-order valence-electron chi connectivity index (χ2n) is 5.28. The molecule has 2 N–H and O–H groups in total. The van der Waals surface area contributed by atoms with Gasteiger partial charge in [-0.15, -0.1) is 11.3 Å². The van der Waals surface area contributed by atoms with Crippen LogP contribution in [0.3, 0.4) is 0 Å². The average molecular weight is 321 g/mol. The van der Waals surface area contributed by atoms with Crippen LogP contribution in [0.2, 0.25) is 8.67 Å². The van der Waals surface area contributed by atoms with Crippen molar-refractivity contribution in [3.8, 4) is 0 Å². The Morgan fingerprint density at radius 2 is 2.21 bits per heavy atom. The highest BCUT2D eigenvalue weighted by Gasteiger charge is 2.33. The summed E-state index contributed by atoms with van der Waals surface area (Å²) in [6.45, 7) is 6.24. The zero-order valence-corrected chi connectivity index (χ0v) is 13.9. The van der Waals surface area contributed by atoms with Crippen molar-refractivity contribution in [1.82, 2.24) is 4.90 Å². The lowest BCUT2D eigenvalue weighted by Gasteiger charge is -2.36. The van der Waals surface area contributed by atoms with Gasteiger partial charge in [0.15, 0.2) is 0 Å². The summed E-state index contributed by atoms with van der Waals surface area (Å²) in [4.78, 5) is 2.54. The number of halogens is 2. The van der Waals surface area contributed by atoms with E-state index in [1.807, 2.05) is 6.07 Å². The minimum absolute atomic E-state index is 0.304. The molecule has 1 aliphatic carbocycles. The van der Waals surface area contributed by atoms with Gasteiger partial charge in [-0.25, -0.2) is 0 Å². The van der Waals surface area contributed by atoms with Gasteiger partial charge in [0.25, 0.3) is 0 Å². The Morgan fingerprint density at radius 1 is 1.47 bits per heavy atom. The summed E-state index contributed by atoms with van der Waals surface area (Å²) in [5, 5.41) is 0. The van der Waals surface area contributed by atoms with Crippen molar-refractivity contribution in [2.45, 2.75) is 45.2 Å². The van der Waals surface area contributed by atoms with Crippen molar-refractivity contribution in [2.24, 2.45) is 11.7 Å². The third-order valence-electron chi connectivity index (χ3n) is 4.34. The number of hydrogen-bond donors (Lipinski definition) is 1. The minimum Gasteiger partial charge on any atom is -0.330 e.